The lowest BCUT2D eigenvalue weighted by atomic mass is 9.88. The van der Waals surface area contributed by atoms with Crippen LogP contribution in [-0.4, -0.2) is 29.6 Å². The van der Waals surface area contributed by atoms with Crippen molar-refractivity contribution < 1.29 is 0 Å². The van der Waals surface area contributed by atoms with Crippen molar-refractivity contribution in [2.45, 2.75) is 64.0 Å². The summed E-state index contributed by atoms with van der Waals surface area (Å²) in [6.07, 6.45) is 7.64. The zero-order valence-corrected chi connectivity index (χ0v) is 15.0. The Morgan fingerprint density at radius 1 is 1.24 bits per heavy atom. The highest BCUT2D eigenvalue weighted by Gasteiger charge is 2.35. The normalized spacial score (nSPS) is 23.5. The highest BCUT2D eigenvalue weighted by atomic mass is 79.9. The Hall–Kier alpha value is -0.380. The molecule has 2 N–H and O–H groups in total. The molecule has 1 aromatic carbocycles. The van der Waals surface area contributed by atoms with Gasteiger partial charge in [-0.05, 0) is 56.8 Å². The zero-order chi connectivity index (χ0) is 15.3. The van der Waals surface area contributed by atoms with Gasteiger partial charge in [-0.15, -0.1) is 0 Å². The predicted octanol–water partition coefficient (Wildman–Crippen LogP) is 4.36. The van der Waals surface area contributed by atoms with E-state index in [4.69, 9.17) is 5.73 Å². The first-order chi connectivity index (χ1) is 10.1. The van der Waals surface area contributed by atoms with Crippen molar-refractivity contribution in [2.24, 2.45) is 5.73 Å². The lowest BCUT2D eigenvalue weighted by Crippen LogP contribution is -2.57. The van der Waals surface area contributed by atoms with Gasteiger partial charge in [0.2, 0.25) is 0 Å². The summed E-state index contributed by atoms with van der Waals surface area (Å²) < 4.78 is 1.14. The molecule has 0 aromatic heterocycles. The molecule has 1 saturated heterocycles. The highest BCUT2D eigenvalue weighted by Crippen LogP contribution is 2.29. The molecule has 21 heavy (non-hydrogen) atoms. The van der Waals surface area contributed by atoms with E-state index in [9.17, 15) is 0 Å². The van der Waals surface area contributed by atoms with Gasteiger partial charge in [0.25, 0.3) is 0 Å². The largest absolute Gasteiger partial charge is 0.329 e. The Labute approximate surface area is 138 Å². The van der Waals surface area contributed by atoms with E-state index in [0.29, 0.717) is 6.04 Å². The molecule has 0 radical (unpaired) electrons. The molecule has 0 bridgehead atoms. The molecule has 2 nitrogen and oxygen atoms in total. The van der Waals surface area contributed by atoms with Gasteiger partial charge in [-0.3, -0.25) is 4.90 Å². The monoisotopic (exact) mass is 352 g/mol. The van der Waals surface area contributed by atoms with Gasteiger partial charge in [0.15, 0.2) is 0 Å². The van der Waals surface area contributed by atoms with E-state index in [-0.39, 0.29) is 5.54 Å². The molecule has 0 saturated carbocycles. The molecule has 2 unspecified atom stereocenters. The number of hydrogen-bond acceptors (Lipinski definition) is 2. The van der Waals surface area contributed by atoms with Crippen molar-refractivity contribution in [1.29, 1.82) is 0 Å². The third-order valence-electron chi connectivity index (χ3n) is 4.98. The van der Waals surface area contributed by atoms with Crippen molar-refractivity contribution in [1.82, 2.24) is 4.90 Å². The fourth-order valence-electron chi connectivity index (χ4n) is 3.65. The number of rotatable bonds is 5. The molecule has 1 aliphatic rings. The average molecular weight is 353 g/mol. The molecule has 1 heterocycles. The number of hydrogen-bond donors (Lipinski definition) is 1. The fourth-order valence-corrected chi connectivity index (χ4v) is 3.91. The average Bonchev–Trinajstić information content (AvgIpc) is 2.75. The molecular formula is C18H29BrN2. The summed E-state index contributed by atoms with van der Waals surface area (Å²) >= 11 is 3.51. The van der Waals surface area contributed by atoms with E-state index in [1.807, 2.05) is 0 Å². The Bertz CT molecular complexity index is 431. The predicted molar refractivity (Wildman–Crippen MR) is 94.6 cm³/mol. The molecule has 2 atom stereocenters. The second-order valence-corrected chi connectivity index (χ2v) is 7.52. The van der Waals surface area contributed by atoms with Crippen molar-refractivity contribution in [3.63, 3.8) is 0 Å². The van der Waals surface area contributed by atoms with Crippen LogP contribution in [0.4, 0.5) is 0 Å². The summed E-state index contributed by atoms with van der Waals surface area (Å²) in [6.45, 7) is 6.59. The van der Waals surface area contributed by atoms with Crippen molar-refractivity contribution in [3.05, 3.63) is 34.3 Å². The lowest BCUT2D eigenvalue weighted by Gasteiger charge is -2.45. The SMILES string of the molecule is CCC1CCCCCN1C(C)(CN)Cc1ccc(Br)cc1. The van der Waals surface area contributed by atoms with Gasteiger partial charge in [0, 0.05) is 22.6 Å². The van der Waals surface area contributed by atoms with E-state index in [0.717, 1.165) is 17.4 Å². The van der Waals surface area contributed by atoms with Crippen LogP contribution in [0.15, 0.2) is 28.7 Å². The standard InChI is InChI=1S/C18H29BrN2/c1-3-17-7-5-4-6-12-21(17)18(2,14-20)13-15-8-10-16(19)11-9-15/h8-11,17H,3-7,12-14,20H2,1-2H3. The van der Waals surface area contributed by atoms with Crippen molar-refractivity contribution in [3.8, 4) is 0 Å². The second kappa shape index (κ2) is 7.75. The number of nitrogens with two attached hydrogens (primary N) is 1. The molecule has 3 heteroatoms. The fraction of sp³-hybridized carbons (Fsp3) is 0.667. The van der Waals surface area contributed by atoms with E-state index in [1.165, 1.54) is 44.2 Å². The van der Waals surface area contributed by atoms with Crippen LogP contribution >= 0.6 is 15.9 Å². The summed E-state index contributed by atoms with van der Waals surface area (Å²) in [5.41, 5.74) is 7.68. The molecular weight excluding hydrogens is 324 g/mol. The highest BCUT2D eigenvalue weighted by molar-refractivity contribution is 9.10. The zero-order valence-electron chi connectivity index (χ0n) is 13.4. The Morgan fingerprint density at radius 2 is 1.95 bits per heavy atom. The summed E-state index contributed by atoms with van der Waals surface area (Å²) in [4.78, 5) is 2.71. The van der Waals surface area contributed by atoms with Crippen LogP contribution in [0, 0.1) is 0 Å². The summed E-state index contributed by atoms with van der Waals surface area (Å²) in [5.74, 6) is 0. The van der Waals surface area contributed by atoms with Gasteiger partial charge in [0.1, 0.15) is 0 Å². The van der Waals surface area contributed by atoms with Crippen molar-refractivity contribution >= 4 is 15.9 Å². The number of nitrogens with zero attached hydrogens (tertiary/aromatic N) is 1. The maximum atomic E-state index is 6.23. The summed E-state index contributed by atoms with van der Waals surface area (Å²) in [6, 6.07) is 9.39. The topological polar surface area (TPSA) is 29.3 Å². The number of halogens is 1. The number of likely N-dealkylation sites (tertiary alicyclic amines) is 1. The van der Waals surface area contributed by atoms with E-state index in [2.05, 4.69) is 58.9 Å². The van der Waals surface area contributed by atoms with Gasteiger partial charge in [-0.25, -0.2) is 0 Å². The van der Waals surface area contributed by atoms with Gasteiger partial charge >= 0.3 is 0 Å². The van der Waals surface area contributed by atoms with Crippen LogP contribution in [0.25, 0.3) is 0 Å². The van der Waals surface area contributed by atoms with Crippen LogP contribution in [0.5, 0.6) is 0 Å². The minimum absolute atomic E-state index is 0.0683. The Kier molecular flexibility index (Phi) is 6.27. The van der Waals surface area contributed by atoms with Crippen LogP contribution in [0.1, 0.15) is 51.5 Å². The van der Waals surface area contributed by atoms with Crippen molar-refractivity contribution in [2.75, 3.05) is 13.1 Å². The van der Waals surface area contributed by atoms with Gasteiger partial charge < -0.3 is 5.73 Å². The van der Waals surface area contributed by atoms with Crippen LogP contribution in [0.2, 0.25) is 0 Å². The third kappa shape index (κ3) is 4.30. The molecule has 0 amide bonds. The van der Waals surface area contributed by atoms with E-state index < -0.39 is 0 Å². The molecule has 1 aliphatic heterocycles. The van der Waals surface area contributed by atoms with Crippen LogP contribution in [0.3, 0.4) is 0 Å². The molecule has 2 rings (SSSR count). The summed E-state index contributed by atoms with van der Waals surface area (Å²) in [5, 5.41) is 0. The smallest absolute Gasteiger partial charge is 0.0346 e. The molecule has 118 valence electrons. The molecule has 1 aromatic rings. The third-order valence-corrected chi connectivity index (χ3v) is 5.51. The minimum atomic E-state index is 0.0683. The molecule has 1 fully saturated rings. The van der Waals surface area contributed by atoms with Crippen LogP contribution < -0.4 is 5.73 Å². The van der Waals surface area contributed by atoms with Gasteiger partial charge in [0.05, 0.1) is 0 Å². The first-order valence-electron chi connectivity index (χ1n) is 8.30. The minimum Gasteiger partial charge on any atom is -0.329 e. The maximum absolute atomic E-state index is 6.23. The first-order valence-corrected chi connectivity index (χ1v) is 9.09. The Balaban J connectivity index is 2.19. The van der Waals surface area contributed by atoms with E-state index >= 15 is 0 Å². The second-order valence-electron chi connectivity index (χ2n) is 6.61. The summed E-state index contributed by atoms with van der Waals surface area (Å²) in [7, 11) is 0. The number of benzene rings is 1. The van der Waals surface area contributed by atoms with Gasteiger partial charge in [-0.2, -0.15) is 0 Å². The molecule has 0 spiro atoms. The first kappa shape index (κ1) is 17.0. The quantitative estimate of drug-likeness (QED) is 0.852. The van der Waals surface area contributed by atoms with Gasteiger partial charge in [-0.1, -0.05) is 47.8 Å². The lowest BCUT2D eigenvalue weighted by molar-refractivity contribution is 0.0609. The maximum Gasteiger partial charge on any atom is 0.0346 e. The van der Waals surface area contributed by atoms with Crippen LogP contribution in [-0.2, 0) is 6.42 Å². The molecule has 0 aliphatic carbocycles. The van der Waals surface area contributed by atoms with E-state index in [1.54, 1.807) is 0 Å². The Morgan fingerprint density at radius 3 is 2.57 bits per heavy atom.